The van der Waals surface area contributed by atoms with Crippen LogP contribution in [-0.2, 0) is 7.05 Å². The Balaban J connectivity index is 2.20. The third kappa shape index (κ3) is 3.38. The summed E-state index contributed by atoms with van der Waals surface area (Å²) in [6.07, 6.45) is 1.62. The standard InChI is InChI=1S/C14H16N4O3/c1-17-13(19)8-12(16-14(17)20)18(2)15-9-10-4-6-11(21-3)7-5-10/h4-9H,1-3H3,(H,16,20)/b15-9+. The summed E-state index contributed by atoms with van der Waals surface area (Å²) in [5.74, 6) is 1.09. The molecule has 1 N–H and O–H groups in total. The van der Waals surface area contributed by atoms with E-state index in [4.69, 9.17) is 4.74 Å². The molecule has 7 heteroatoms. The van der Waals surface area contributed by atoms with E-state index in [0.717, 1.165) is 15.9 Å². The number of benzene rings is 1. The molecule has 0 spiro atoms. The van der Waals surface area contributed by atoms with Crippen LogP contribution in [0.15, 0.2) is 45.0 Å². The molecule has 0 amide bonds. The monoisotopic (exact) mass is 288 g/mol. The average molecular weight is 288 g/mol. The second kappa shape index (κ2) is 6.08. The van der Waals surface area contributed by atoms with Crippen LogP contribution in [0.5, 0.6) is 5.75 Å². The normalized spacial score (nSPS) is 10.8. The largest absolute Gasteiger partial charge is 0.497 e. The Morgan fingerprint density at radius 3 is 2.52 bits per heavy atom. The lowest BCUT2D eigenvalue weighted by Crippen LogP contribution is -2.33. The maximum atomic E-state index is 11.6. The Morgan fingerprint density at radius 2 is 1.95 bits per heavy atom. The van der Waals surface area contributed by atoms with E-state index in [1.54, 1.807) is 20.4 Å². The number of hydrogen-bond acceptors (Lipinski definition) is 5. The molecule has 21 heavy (non-hydrogen) atoms. The van der Waals surface area contributed by atoms with Gasteiger partial charge in [-0.15, -0.1) is 0 Å². The molecule has 0 radical (unpaired) electrons. The fourth-order valence-electron chi connectivity index (χ4n) is 1.62. The van der Waals surface area contributed by atoms with Crippen molar-refractivity contribution in [1.82, 2.24) is 9.55 Å². The predicted molar refractivity (Wildman–Crippen MR) is 81.3 cm³/mol. The van der Waals surface area contributed by atoms with Gasteiger partial charge in [0.2, 0.25) is 0 Å². The molecule has 0 saturated carbocycles. The van der Waals surface area contributed by atoms with Crippen molar-refractivity contribution in [1.29, 1.82) is 0 Å². The molecule has 0 bridgehead atoms. The number of methoxy groups -OCH3 is 1. The van der Waals surface area contributed by atoms with E-state index in [9.17, 15) is 9.59 Å². The first kappa shape index (κ1) is 14.6. The van der Waals surface area contributed by atoms with Gasteiger partial charge in [-0.25, -0.2) is 4.79 Å². The lowest BCUT2D eigenvalue weighted by Gasteiger charge is -2.12. The Hall–Kier alpha value is -2.83. The summed E-state index contributed by atoms with van der Waals surface area (Å²) in [6.45, 7) is 0. The van der Waals surface area contributed by atoms with Gasteiger partial charge in [0.25, 0.3) is 5.56 Å². The fraction of sp³-hybridized carbons (Fsp3) is 0.214. The molecule has 1 heterocycles. The van der Waals surface area contributed by atoms with Gasteiger partial charge in [-0.3, -0.25) is 19.4 Å². The van der Waals surface area contributed by atoms with Crippen molar-refractivity contribution >= 4 is 12.0 Å². The number of nitrogens with zero attached hydrogens (tertiary/aromatic N) is 3. The minimum absolute atomic E-state index is 0.327. The Morgan fingerprint density at radius 1 is 1.29 bits per heavy atom. The Labute approximate surface area is 121 Å². The summed E-state index contributed by atoms with van der Waals surface area (Å²) in [5.41, 5.74) is -0.00178. The van der Waals surface area contributed by atoms with Gasteiger partial charge in [0.15, 0.2) is 0 Å². The third-order valence-electron chi connectivity index (χ3n) is 2.97. The molecule has 0 unspecified atom stereocenters. The quantitative estimate of drug-likeness (QED) is 0.658. The van der Waals surface area contributed by atoms with Crippen LogP contribution >= 0.6 is 0 Å². The Kier molecular flexibility index (Phi) is 4.22. The van der Waals surface area contributed by atoms with Gasteiger partial charge >= 0.3 is 5.69 Å². The maximum absolute atomic E-state index is 11.6. The van der Waals surface area contributed by atoms with Crippen LogP contribution in [-0.4, -0.2) is 29.9 Å². The van der Waals surface area contributed by atoms with Gasteiger partial charge in [0, 0.05) is 20.2 Å². The van der Waals surface area contributed by atoms with Crippen molar-refractivity contribution in [2.24, 2.45) is 12.1 Å². The van der Waals surface area contributed by atoms with Crippen LogP contribution in [0.1, 0.15) is 5.56 Å². The molecule has 2 rings (SSSR count). The highest BCUT2D eigenvalue weighted by atomic mass is 16.5. The number of rotatable bonds is 4. The van der Waals surface area contributed by atoms with E-state index in [0.29, 0.717) is 5.82 Å². The van der Waals surface area contributed by atoms with Gasteiger partial charge < -0.3 is 4.74 Å². The first-order valence-corrected chi connectivity index (χ1v) is 6.23. The fourth-order valence-corrected chi connectivity index (χ4v) is 1.62. The lowest BCUT2D eigenvalue weighted by molar-refractivity contribution is 0.415. The number of hydrogen-bond donors (Lipinski definition) is 1. The molecule has 1 aromatic heterocycles. The molecule has 0 aliphatic rings. The lowest BCUT2D eigenvalue weighted by atomic mass is 10.2. The average Bonchev–Trinajstić information content (AvgIpc) is 2.50. The van der Waals surface area contributed by atoms with Crippen LogP contribution in [0.3, 0.4) is 0 Å². The minimum atomic E-state index is -0.482. The van der Waals surface area contributed by atoms with Crippen LogP contribution in [0.2, 0.25) is 0 Å². The van der Waals surface area contributed by atoms with Crippen LogP contribution in [0, 0.1) is 0 Å². The van der Waals surface area contributed by atoms with Crippen LogP contribution < -0.4 is 21.0 Å². The number of hydrazone groups is 1. The van der Waals surface area contributed by atoms with E-state index in [2.05, 4.69) is 10.1 Å². The van der Waals surface area contributed by atoms with E-state index in [1.807, 2.05) is 24.3 Å². The number of anilines is 1. The SMILES string of the molecule is COc1ccc(/C=N/N(C)c2cc(=O)n(C)c(=O)[nH]2)cc1. The third-order valence-corrected chi connectivity index (χ3v) is 2.97. The Bertz CT molecular complexity index is 728. The van der Waals surface area contributed by atoms with E-state index >= 15 is 0 Å². The highest BCUT2D eigenvalue weighted by Crippen LogP contribution is 2.10. The van der Waals surface area contributed by atoms with Crippen molar-refractivity contribution in [3.05, 3.63) is 56.7 Å². The highest BCUT2D eigenvalue weighted by molar-refractivity contribution is 5.80. The molecule has 0 fully saturated rings. The maximum Gasteiger partial charge on any atom is 0.329 e. The number of nitrogens with one attached hydrogen (secondary N) is 1. The zero-order valence-electron chi connectivity index (χ0n) is 12.0. The van der Waals surface area contributed by atoms with Crippen LogP contribution in [0.25, 0.3) is 0 Å². The summed E-state index contributed by atoms with van der Waals surface area (Å²) in [7, 11) is 4.65. The topological polar surface area (TPSA) is 79.7 Å². The molecular weight excluding hydrogens is 272 g/mol. The molecule has 0 atom stereocenters. The van der Waals surface area contributed by atoms with Crippen molar-refractivity contribution in [3.8, 4) is 5.75 Å². The summed E-state index contributed by atoms with van der Waals surface area (Å²) < 4.78 is 6.06. The molecule has 7 nitrogen and oxygen atoms in total. The molecule has 2 aromatic rings. The van der Waals surface area contributed by atoms with Crippen LogP contribution in [0.4, 0.5) is 5.82 Å². The first-order valence-electron chi connectivity index (χ1n) is 6.23. The van der Waals surface area contributed by atoms with Gasteiger partial charge in [0.1, 0.15) is 11.6 Å². The predicted octanol–water partition coefficient (Wildman–Crippen LogP) is 0.552. The van der Waals surface area contributed by atoms with Crippen molar-refractivity contribution < 1.29 is 4.74 Å². The van der Waals surface area contributed by atoms with E-state index in [1.165, 1.54) is 18.1 Å². The smallest absolute Gasteiger partial charge is 0.329 e. The molecular formula is C14H16N4O3. The number of aromatic nitrogens is 2. The molecule has 1 aromatic carbocycles. The van der Waals surface area contributed by atoms with Crippen molar-refractivity contribution in [3.63, 3.8) is 0 Å². The second-order valence-electron chi connectivity index (χ2n) is 4.40. The number of ether oxygens (including phenoxy) is 1. The van der Waals surface area contributed by atoms with Gasteiger partial charge in [0.05, 0.1) is 13.3 Å². The zero-order chi connectivity index (χ0) is 15.4. The van der Waals surface area contributed by atoms with Gasteiger partial charge in [-0.1, -0.05) is 0 Å². The summed E-state index contributed by atoms with van der Waals surface area (Å²) in [5, 5.41) is 5.60. The molecule has 0 saturated heterocycles. The molecule has 0 aliphatic carbocycles. The second-order valence-corrected chi connectivity index (χ2v) is 4.40. The minimum Gasteiger partial charge on any atom is -0.497 e. The van der Waals surface area contributed by atoms with Gasteiger partial charge in [-0.2, -0.15) is 5.10 Å². The summed E-state index contributed by atoms with van der Waals surface area (Å²) in [6, 6.07) is 8.65. The molecule has 110 valence electrons. The summed E-state index contributed by atoms with van der Waals surface area (Å²) in [4.78, 5) is 25.7. The van der Waals surface area contributed by atoms with Gasteiger partial charge in [-0.05, 0) is 29.8 Å². The first-order chi connectivity index (χ1) is 10.0. The van der Waals surface area contributed by atoms with E-state index in [-0.39, 0.29) is 5.56 Å². The zero-order valence-corrected chi connectivity index (χ0v) is 12.0. The number of H-pyrrole nitrogens is 1. The number of aromatic amines is 1. The highest BCUT2D eigenvalue weighted by Gasteiger charge is 2.04. The van der Waals surface area contributed by atoms with E-state index < -0.39 is 5.69 Å². The molecule has 0 aliphatic heterocycles. The van der Waals surface area contributed by atoms with Crippen molar-refractivity contribution in [2.75, 3.05) is 19.2 Å². The summed E-state index contributed by atoms with van der Waals surface area (Å²) >= 11 is 0. The van der Waals surface area contributed by atoms with Crippen molar-refractivity contribution in [2.45, 2.75) is 0 Å².